The minimum atomic E-state index is 0.0981. The molecule has 0 radical (unpaired) electrons. The van der Waals surface area contributed by atoms with Gasteiger partial charge in [-0.3, -0.25) is 9.59 Å². The van der Waals surface area contributed by atoms with Gasteiger partial charge in [-0.1, -0.05) is 12.1 Å². The lowest BCUT2D eigenvalue weighted by molar-refractivity contribution is -0.128. The quantitative estimate of drug-likeness (QED) is 0.913. The lowest BCUT2D eigenvalue weighted by Crippen LogP contribution is -2.48. The molecule has 5 heteroatoms. The molecule has 25 heavy (non-hydrogen) atoms. The molecule has 3 fully saturated rings. The number of nitrogens with zero attached hydrogens (tertiary/aromatic N) is 2. The SMILES string of the molecule is CN(C(=O)c1cccc(CN2CCCC2=O)c1)C1CC2CCC(C1)N2. The van der Waals surface area contributed by atoms with Gasteiger partial charge in [-0.25, -0.2) is 0 Å². The molecule has 0 aromatic heterocycles. The first-order valence-electron chi connectivity index (χ1n) is 9.50. The van der Waals surface area contributed by atoms with Crippen LogP contribution in [0, 0.1) is 0 Å². The number of carbonyl (C=O) groups is 2. The molecule has 2 unspecified atom stereocenters. The van der Waals surface area contributed by atoms with Gasteiger partial charge in [-0.15, -0.1) is 0 Å². The van der Waals surface area contributed by atoms with Gasteiger partial charge in [0.25, 0.3) is 5.91 Å². The molecule has 2 bridgehead atoms. The van der Waals surface area contributed by atoms with Gasteiger partial charge in [-0.2, -0.15) is 0 Å². The van der Waals surface area contributed by atoms with Crippen LogP contribution in [0.4, 0.5) is 0 Å². The summed E-state index contributed by atoms with van der Waals surface area (Å²) in [7, 11) is 1.94. The van der Waals surface area contributed by atoms with E-state index in [2.05, 4.69) is 5.32 Å². The summed E-state index contributed by atoms with van der Waals surface area (Å²) in [5, 5.41) is 3.63. The maximum atomic E-state index is 13.0. The number of hydrogen-bond donors (Lipinski definition) is 1. The van der Waals surface area contributed by atoms with Crippen LogP contribution in [0.5, 0.6) is 0 Å². The maximum Gasteiger partial charge on any atom is 0.253 e. The van der Waals surface area contributed by atoms with Crippen molar-refractivity contribution in [2.45, 2.75) is 63.2 Å². The Kier molecular flexibility index (Phi) is 4.50. The Balaban J connectivity index is 1.44. The molecule has 1 aromatic carbocycles. The fourth-order valence-electron chi connectivity index (χ4n) is 4.61. The normalized spacial score (nSPS) is 28.4. The van der Waals surface area contributed by atoms with E-state index in [0.29, 0.717) is 31.1 Å². The first-order valence-corrected chi connectivity index (χ1v) is 9.50. The number of rotatable bonds is 4. The molecule has 5 nitrogen and oxygen atoms in total. The molecule has 2 atom stereocenters. The van der Waals surface area contributed by atoms with Crippen LogP contribution in [0.3, 0.4) is 0 Å². The van der Waals surface area contributed by atoms with Gasteiger partial charge < -0.3 is 15.1 Å². The Morgan fingerprint density at radius 3 is 2.72 bits per heavy atom. The number of fused-ring (bicyclic) bond motifs is 2. The summed E-state index contributed by atoms with van der Waals surface area (Å²) in [6.45, 7) is 1.44. The highest BCUT2D eigenvalue weighted by Crippen LogP contribution is 2.30. The van der Waals surface area contributed by atoms with Crippen LogP contribution in [0.2, 0.25) is 0 Å². The van der Waals surface area contributed by atoms with E-state index in [1.54, 1.807) is 0 Å². The van der Waals surface area contributed by atoms with Gasteiger partial charge in [0.1, 0.15) is 0 Å². The van der Waals surface area contributed by atoms with Gasteiger partial charge in [0.15, 0.2) is 0 Å². The van der Waals surface area contributed by atoms with Gasteiger partial charge in [0.05, 0.1) is 0 Å². The van der Waals surface area contributed by atoms with Crippen molar-refractivity contribution in [1.29, 1.82) is 0 Å². The van der Waals surface area contributed by atoms with E-state index in [1.165, 1.54) is 12.8 Å². The van der Waals surface area contributed by atoms with E-state index >= 15 is 0 Å². The average molecular weight is 341 g/mol. The molecule has 2 amide bonds. The van der Waals surface area contributed by atoms with Crippen LogP contribution in [-0.2, 0) is 11.3 Å². The Hall–Kier alpha value is -1.88. The smallest absolute Gasteiger partial charge is 0.253 e. The van der Waals surface area contributed by atoms with Gasteiger partial charge in [-0.05, 0) is 49.8 Å². The number of benzene rings is 1. The lowest BCUT2D eigenvalue weighted by atomic mass is 9.97. The molecular weight excluding hydrogens is 314 g/mol. The van der Waals surface area contributed by atoms with Crippen molar-refractivity contribution in [2.24, 2.45) is 0 Å². The number of likely N-dealkylation sites (tertiary alicyclic amines) is 1. The van der Waals surface area contributed by atoms with E-state index in [-0.39, 0.29) is 11.8 Å². The fraction of sp³-hybridized carbons (Fsp3) is 0.600. The van der Waals surface area contributed by atoms with Crippen LogP contribution in [0.25, 0.3) is 0 Å². The molecule has 3 heterocycles. The standard InChI is InChI=1S/C20H27N3O2/c1-22(18-11-16-7-8-17(12-18)21-16)20(25)15-5-2-4-14(10-15)13-23-9-3-6-19(23)24/h2,4-5,10,16-18,21H,3,6-9,11-13H2,1H3. The number of nitrogens with one attached hydrogen (secondary N) is 1. The summed E-state index contributed by atoms with van der Waals surface area (Å²) < 4.78 is 0. The van der Waals surface area contributed by atoms with Crippen molar-refractivity contribution >= 4 is 11.8 Å². The first-order chi connectivity index (χ1) is 12.1. The highest BCUT2D eigenvalue weighted by Gasteiger charge is 2.36. The lowest BCUT2D eigenvalue weighted by Gasteiger charge is -2.35. The van der Waals surface area contributed by atoms with Crippen LogP contribution < -0.4 is 5.32 Å². The zero-order valence-electron chi connectivity index (χ0n) is 14.9. The number of hydrogen-bond acceptors (Lipinski definition) is 3. The van der Waals surface area contributed by atoms with Crippen LogP contribution in [-0.4, -0.2) is 53.3 Å². The van der Waals surface area contributed by atoms with Gasteiger partial charge >= 0.3 is 0 Å². The van der Waals surface area contributed by atoms with Gasteiger partial charge in [0, 0.05) is 50.2 Å². The van der Waals surface area contributed by atoms with Crippen molar-refractivity contribution in [2.75, 3.05) is 13.6 Å². The van der Waals surface area contributed by atoms with E-state index in [9.17, 15) is 9.59 Å². The summed E-state index contributed by atoms with van der Waals surface area (Å²) in [6.07, 6.45) is 6.18. The first kappa shape index (κ1) is 16.6. The molecule has 1 aromatic rings. The van der Waals surface area contributed by atoms with E-state index in [1.807, 2.05) is 41.1 Å². The third-order valence-electron chi connectivity index (χ3n) is 6.03. The fourth-order valence-corrected chi connectivity index (χ4v) is 4.61. The van der Waals surface area contributed by atoms with Crippen LogP contribution >= 0.6 is 0 Å². The monoisotopic (exact) mass is 341 g/mol. The van der Waals surface area contributed by atoms with E-state index in [4.69, 9.17) is 0 Å². The summed E-state index contributed by atoms with van der Waals surface area (Å²) in [4.78, 5) is 28.6. The third-order valence-corrected chi connectivity index (χ3v) is 6.03. The average Bonchev–Trinajstić information content (AvgIpc) is 3.18. The second-order valence-electron chi connectivity index (χ2n) is 7.80. The van der Waals surface area contributed by atoms with Crippen molar-refractivity contribution in [1.82, 2.24) is 15.1 Å². The number of piperidine rings is 1. The van der Waals surface area contributed by atoms with E-state index < -0.39 is 0 Å². The molecular formula is C20H27N3O2. The highest BCUT2D eigenvalue weighted by molar-refractivity contribution is 5.94. The molecule has 4 rings (SSSR count). The highest BCUT2D eigenvalue weighted by atomic mass is 16.2. The molecule has 1 N–H and O–H groups in total. The van der Waals surface area contributed by atoms with Crippen LogP contribution in [0.1, 0.15) is 54.4 Å². The van der Waals surface area contributed by atoms with Crippen molar-refractivity contribution in [3.63, 3.8) is 0 Å². The summed E-state index contributed by atoms with van der Waals surface area (Å²) in [5.74, 6) is 0.319. The molecule has 0 saturated carbocycles. The van der Waals surface area contributed by atoms with Gasteiger partial charge in [0.2, 0.25) is 5.91 Å². The Labute approximate surface area is 149 Å². The Morgan fingerprint density at radius 1 is 1.28 bits per heavy atom. The molecule has 3 aliphatic rings. The van der Waals surface area contributed by atoms with E-state index in [0.717, 1.165) is 36.9 Å². The Bertz CT molecular complexity index is 663. The molecule has 3 saturated heterocycles. The summed E-state index contributed by atoms with van der Waals surface area (Å²) in [6, 6.07) is 9.27. The molecule has 3 aliphatic heterocycles. The van der Waals surface area contributed by atoms with Crippen molar-refractivity contribution < 1.29 is 9.59 Å². The van der Waals surface area contributed by atoms with Crippen molar-refractivity contribution in [3.05, 3.63) is 35.4 Å². The number of amides is 2. The number of carbonyl (C=O) groups excluding carboxylic acids is 2. The topological polar surface area (TPSA) is 52.7 Å². The zero-order valence-corrected chi connectivity index (χ0v) is 14.9. The largest absolute Gasteiger partial charge is 0.339 e. The summed E-state index contributed by atoms with van der Waals surface area (Å²) >= 11 is 0. The summed E-state index contributed by atoms with van der Waals surface area (Å²) in [5.41, 5.74) is 1.78. The second kappa shape index (κ2) is 6.79. The molecule has 134 valence electrons. The predicted octanol–water partition coefficient (Wildman–Crippen LogP) is 2.16. The molecule has 0 spiro atoms. The zero-order chi connectivity index (χ0) is 17.4. The maximum absolute atomic E-state index is 13.0. The molecule has 0 aliphatic carbocycles. The van der Waals surface area contributed by atoms with Crippen molar-refractivity contribution in [3.8, 4) is 0 Å². The van der Waals surface area contributed by atoms with Crippen LogP contribution in [0.15, 0.2) is 24.3 Å². The third kappa shape index (κ3) is 3.43. The minimum Gasteiger partial charge on any atom is -0.339 e. The Morgan fingerprint density at radius 2 is 2.04 bits per heavy atom. The minimum absolute atomic E-state index is 0.0981. The second-order valence-corrected chi connectivity index (χ2v) is 7.80. The predicted molar refractivity (Wildman–Crippen MR) is 96.2 cm³/mol.